The van der Waals surface area contributed by atoms with Gasteiger partial charge in [-0.15, -0.1) is 0 Å². The summed E-state index contributed by atoms with van der Waals surface area (Å²) in [5.74, 6) is 1.49. The first-order valence-corrected chi connectivity index (χ1v) is 6.71. The monoisotopic (exact) mass is 246 g/mol. The fourth-order valence-corrected chi connectivity index (χ4v) is 2.49. The Morgan fingerprint density at radius 3 is 3.11 bits per heavy atom. The molecule has 3 rings (SSSR count). The highest BCUT2D eigenvalue weighted by molar-refractivity contribution is 5.17. The van der Waals surface area contributed by atoms with Crippen molar-refractivity contribution < 1.29 is 4.52 Å². The number of aryl methyl sites for hydroxylation is 2. The van der Waals surface area contributed by atoms with Gasteiger partial charge in [0.05, 0.1) is 12.0 Å². The minimum Gasteiger partial charge on any atom is -0.337 e. The van der Waals surface area contributed by atoms with Crippen molar-refractivity contribution in [1.82, 2.24) is 19.7 Å². The highest BCUT2D eigenvalue weighted by atomic mass is 16.5. The Bertz CT molecular complexity index is 529. The van der Waals surface area contributed by atoms with Crippen LogP contribution in [0.15, 0.2) is 10.9 Å². The molecule has 0 N–H and O–H groups in total. The number of rotatable bonds is 4. The van der Waals surface area contributed by atoms with Gasteiger partial charge in [-0.25, -0.2) is 4.98 Å². The van der Waals surface area contributed by atoms with Crippen LogP contribution < -0.4 is 0 Å². The Morgan fingerprint density at radius 2 is 2.22 bits per heavy atom. The second-order valence-corrected chi connectivity index (χ2v) is 4.83. The third-order valence-corrected chi connectivity index (χ3v) is 3.40. The van der Waals surface area contributed by atoms with Gasteiger partial charge < -0.3 is 9.09 Å². The van der Waals surface area contributed by atoms with Crippen molar-refractivity contribution in [3.63, 3.8) is 0 Å². The molecule has 18 heavy (non-hydrogen) atoms. The smallest absolute Gasteiger partial charge is 0.246 e. The molecular weight excluding hydrogens is 228 g/mol. The Balaban J connectivity index is 1.77. The van der Waals surface area contributed by atoms with Crippen LogP contribution in [0.2, 0.25) is 0 Å². The standard InChI is InChI=1S/C13H18N4O/c1-2-5-12-15-13(18-16-12)8-17-9-14-10-6-3-4-7-11(10)17/h9H,2-8H2,1H3. The molecule has 0 aromatic carbocycles. The molecule has 0 bridgehead atoms. The summed E-state index contributed by atoms with van der Waals surface area (Å²) in [7, 11) is 0. The molecule has 0 saturated heterocycles. The van der Waals surface area contributed by atoms with E-state index in [9.17, 15) is 0 Å². The van der Waals surface area contributed by atoms with Gasteiger partial charge in [-0.05, 0) is 32.1 Å². The molecule has 0 saturated carbocycles. The van der Waals surface area contributed by atoms with Gasteiger partial charge >= 0.3 is 0 Å². The van der Waals surface area contributed by atoms with Gasteiger partial charge in [0.25, 0.3) is 0 Å². The molecule has 0 radical (unpaired) electrons. The molecule has 1 aliphatic carbocycles. The van der Waals surface area contributed by atoms with Crippen LogP contribution in [0.3, 0.4) is 0 Å². The maximum Gasteiger partial charge on any atom is 0.246 e. The fourth-order valence-electron chi connectivity index (χ4n) is 2.49. The van der Waals surface area contributed by atoms with E-state index in [0.717, 1.165) is 31.5 Å². The van der Waals surface area contributed by atoms with Crippen molar-refractivity contribution in [2.24, 2.45) is 0 Å². The average Bonchev–Trinajstić information content (AvgIpc) is 2.99. The van der Waals surface area contributed by atoms with Crippen LogP contribution in [0.1, 0.15) is 49.3 Å². The van der Waals surface area contributed by atoms with E-state index in [2.05, 4.69) is 26.6 Å². The maximum absolute atomic E-state index is 5.27. The summed E-state index contributed by atoms with van der Waals surface area (Å²) in [4.78, 5) is 8.87. The molecule has 0 atom stereocenters. The Kier molecular flexibility index (Phi) is 3.13. The van der Waals surface area contributed by atoms with E-state index in [0.29, 0.717) is 12.4 Å². The van der Waals surface area contributed by atoms with Gasteiger partial charge in [0.1, 0.15) is 6.54 Å². The van der Waals surface area contributed by atoms with Crippen LogP contribution >= 0.6 is 0 Å². The van der Waals surface area contributed by atoms with Crippen LogP contribution in [0.25, 0.3) is 0 Å². The van der Waals surface area contributed by atoms with Gasteiger partial charge in [0.15, 0.2) is 5.82 Å². The Labute approximate surface area is 106 Å². The number of nitrogens with zero attached hydrogens (tertiary/aromatic N) is 4. The van der Waals surface area contributed by atoms with Crippen LogP contribution in [0, 0.1) is 0 Å². The van der Waals surface area contributed by atoms with E-state index in [1.165, 1.54) is 24.2 Å². The van der Waals surface area contributed by atoms with E-state index >= 15 is 0 Å². The van der Waals surface area contributed by atoms with Crippen molar-refractivity contribution in [1.29, 1.82) is 0 Å². The van der Waals surface area contributed by atoms with Crippen LogP contribution in [-0.4, -0.2) is 19.7 Å². The predicted molar refractivity (Wildman–Crippen MR) is 66.3 cm³/mol. The minimum absolute atomic E-state index is 0.652. The molecule has 5 nitrogen and oxygen atoms in total. The number of aromatic nitrogens is 4. The summed E-state index contributed by atoms with van der Waals surface area (Å²) in [5.41, 5.74) is 2.59. The lowest BCUT2D eigenvalue weighted by molar-refractivity contribution is 0.364. The minimum atomic E-state index is 0.652. The van der Waals surface area contributed by atoms with Crippen molar-refractivity contribution in [2.45, 2.75) is 52.0 Å². The van der Waals surface area contributed by atoms with Crippen LogP contribution in [0.4, 0.5) is 0 Å². The van der Waals surface area contributed by atoms with Gasteiger partial charge in [0.2, 0.25) is 5.89 Å². The van der Waals surface area contributed by atoms with E-state index in [1.807, 2.05) is 6.33 Å². The van der Waals surface area contributed by atoms with Crippen molar-refractivity contribution in [2.75, 3.05) is 0 Å². The highest BCUT2D eigenvalue weighted by Gasteiger charge is 2.16. The van der Waals surface area contributed by atoms with Crippen LogP contribution in [0.5, 0.6) is 0 Å². The fraction of sp³-hybridized carbons (Fsp3) is 0.615. The first-order chi connectivity index (χ1) is 8.86. The zero-order valence-corrected chi connectivity index (χ0v) is 10.7. The summed E-state index contributed by atoms with van der Waals surface area (Å²) in [6, 6.07) is 0. The molecule has 0 amide bonds. The lowest BCUT2D eigenvalue weighted by atomic mass is 10.0. The third-order valence-electron chi connectivity index (χ3n) is 3.40. The average molecular weight is 246 g/mol. The normalized spacial score (nSPS) is 14.7. The number of hydrogen-bond donors (Lipinski definition) is 0. The predicted octanol–water partition coefficient (Wildman–Crippen LogP) is 2.15. The quantitative estimate of drug-likeness (QED) is 0.829. The van der Waals surface area contributed by atoms with E-state index in [1.54, 1.807) is 0 Å². The summed E-state index contributed by atoms with van der Waals surface area (Å²) < 4.78 is 7.42. The van der Waals surface area contributed by atoms with E-state index in [-0.39, 0.29) is 0 Å². The second kappa shape index (κ2) is 4.92. The number of fused-ring (bicyclic) bond motifs is 1. The SMILES string of the molecule is CCCc1noc(Cn2cnc3c2CCCC3)n1. The van der Waals surface area contributed by atoms with Crippen molar-refractivity contribution in [3.05, 3.63) is 29.4 Å². The van der Waals surface area contributed by atoms with Crippen LogP contribution in [-0.2, 0) is 25.8 Å². The van der Waals surface area contributed by atoms with Gasteiger partial charge in [-0.3, -0.25) is 0 Å². The second-order valence-electron chi connectivity index (χ2n) is 4.83. The first kappa shape index (κ1) is 11.4. The van der Waals surface area contributed by atoms with E-state index in [4.69, 9.17) is 4.52 Å². The van der Waals surface area contributed by atoms with Gasteiger partial charge in [-0.2, -0.15) is 4.98 Å². The summed E-state index contributed by atoms with van der Waals surface area (Å²) in [6.07, 6.45) is 8.55. The summed E-state index contributed by atoms with van der Waals surface area (Å²) in [5, 5.41) is 3.98. The Hall–Kier alpha value is -1.65. The molecule has 0 spiro atoms. The molecule has 1 aliphatic rings. The number of hydrogen-bond acceptors (Lipinski definition) is 4. The summed E-state index contributed by atoms with van der Waals surface area (Å²) in [6.45, 7) is 2.77. The zero-order valence-electron chi connectivity index (χ0n) is 10.7. The molecule has 5 heteroatoms. The van der Waals surface area contributed by atoms with Gasteiger partial charge in [-0.1, -0.05) is 12.1 Å². The molecule has 0 aliphatic heterocycles. The first-order valence-electron chi connectivity index (χ1n) is 6.71. The topological polar surface area (TPSA) is 56.7 Å². The number of imidazole rings is 1. The van der Waals surface area contributed by atoms with E-state index < -0.39 is 0 Å². The zero-order chi connectivity index (χ0) is 12.4. The molecule has 0 unspecified atom stereocenters. The molecular formula is C13H18N4O. The molecule has 2 heterocycles. The lowest BCUT2D eigenvalue weighted by Gasteiger charge is -2.12. The van der Waals surface area contributed by atoms with Crippen molar-refractivity contribution in [3.8, 4) is 0 Å². The third kappa shape index (κ3) is 2.17. The Morgan fingerprint density at radius 1 is 1.33 bits per heavy atom. The molecule has 96 valence electrons. The van der Waals surface area contributed by atoms with Crippen molar-refractivity contribution >= 4 is 0 Å². The molecule has 2 aromatic heterocycles. The largest absolute Gasteiger partial charge is 0.337 e. The summed E-state index contributed by atoms with van der Waals surface area (Å²) >= 11 is 0. The highest BCUT2D eigenvalue weighted by Crippen LogP contribution is 2.20. The maximum atomic E-state index is 5.27. The van der Waals surface area contributed by atoms with Gasteiger partial charge in [0, 0.05) is 12.1 Å². The molecule has 2 aromatic rings. The lowest BCUT2D eigenvalue weighted by Crippen LogP contribution is -2.09. The molecule has 0 fully saturated rings.